The Bertz CT molecular complexity index is 367. The van der Waals surface area contributed by atoms with Crippen molar-refractivity contribution >= 4 is 5.97 Å². The Balaban J connectivity index is 3.08. The lowest BCUT2D eigenvalue weighted by Crippen LogP contribution is -2.05. The molecular weight excluding hydrogens is 206 g/mol. The van der Waals surface area contributed by atoms with Crippen LogP contribution in [-0.2, 0) is 4.79 Å². The minimum absolute atomic E-state index is 0.168. The summed E-state index contributed by atoms with van der Waals surface area (Å²) in [5.41, 5.74) is -0.168. The second kappa shape index (κ2) is 4.25. The van der Waals surface area contributed by atoms with Gasteiger partial charge in [0.25, 0.3) is 0 Å². The molecule has 0 aliphatic carbocycles. The third-order valence-corrected chi connectivity index (χ3v) is 2.05. The Hall–Kier alpha value is -1.65. The van der Waals surface area contributed by atoms with Crippen molar-refractivity contribution in [2.24, 2.45) is 0 Å². The molecule has 0 heterocycles. The summed E-state index contributed by atoms with van der Waals surface area (Å²) >= 11 is 0. The number of rotatable bonds is 3. The van der Waals surface area contributed by atoms with E-state index in [1.54, 1.807) is 0 Å². The van der Waals surface area contributed by atoms with E-state index in [1.165, 1.54) is 6.92 Å². The Kier molecular flexibility index (Phi) is 3.24. The monoisotopic (exact) mass is 216 g/mol. The van der Waals surface area contributed by atoms with Gasteiger partial charge in [0.05, 0.1) is 6.42 Å². The van der Waals surface area contributed by atoms with E-state index in [2.05, 4.69) is 0 Å². The Morgan fingerprint density at radius 1 is 1.47 bits per heavy atom. The van der Waals surface area contributed by atoms with Crippen molar-refractivity contribution < 1.29 is 23.8 Å². The molecule has 0 saturated carbocycles. The van der Waals surface area contributed by atoms with E-state index in [0.29, 0.717) is 6.07 Å². The number of benzene rings is 1. The van der Waals surface area contributed by atoms with E-state index in [4.69, 9.17) is 5.11 Å². The average Bonchev–Trinajstić information content (AvgIpc) is 1.99. The Morgan fingerprint density at radius 2 is 2.07 bits per heavy atom. The molecule has 1 rings (SSSR count). The van der Waals surface area contributed by atoms with Crippen LogP contribution in [0.4, 0.5) is 8.78 Å². The first-order valence-electron chi connectivity index (χ1n) is 4.31. The molecule has 15 heavy (non-hydrogen) atoms. The molecule has 3 nitrogen and oxygen atoms in total. The zero-order valence-electron chi connectivity index (χ0n) is 8.00. The van der Waals surface area contributed by atoms with Crippen LogP contribution < -0.4 is 0 Å². The fraction of sp³-hybridized carbons (Fsp3) is 0.300. The summed E-state index contributed by atoms with van der Waals surface area (Å²) < 4.78 is 25.8. The quantitative estimate of drug-likeness (QED) is 0.814. The Labute approximate surface area is 85.0 Å². The SMILES string of the molecule is CC(CC(=O)O)c1c(O)cc(F)cc1F. The van der Waals surface area contributed by atoms with Gasteiger partial charge in [0, 0.05) is 17.7 Å². The van der Waals surface area contributed by atoms with Gasteiger partial charge in [-0.2, -0.15) is 0 Å². The van der Waals surface area contributed by atoms with Gasteiger partial charge in [-0.3, -0.25) is 4.79 Å². The van der Waals surface area contributed by atoms with Crippen LogP contribution in [0.5, 0.6) is 5.75 Å². The van der Waals surface area contributed by atoms with Gasteiger partial charge in [0.1, 0.15) is 17.4 Å². The molecule has 0 bridgehead atoms. The topological polar surface area (TPSA) is 57.5 Å². The minimum atomic E-state index is -1.11. The minimum Gasteiger partial charge on any atom is -0.507 e. The molecule has 0 aliphatic rings. The lowest BCUT2D eigenvalue weighted by Gasteiger charge is -2.12. The standard InChI is InChI=1S/C10H10F2O3/c1-5(2-9(14)15)10-7(12)3-6(11)4-8(10)13/h3-5,13H,2H2,1H3,(H,14,15). The first-order valence-corrected chi connectivity index (χ1v) is 4.31. The van der Waals surface area contributed by atoms with Gasteiger partial charge in [0.15, 0.2) is 0 Å². The summed E-state index contributed by atoms with van der Waals surface area (Å²) in [5.74, 6) is -4.19. The molecule has 0 saturated heterocycles. The molecule has 2 N–H and O–H groups in total. The van der Waals surface area contributed by atoms with E-state index in [1.807, 2.05) is 0 Å². The van der Waals surface area contributed by atoms with E-state index in [9.17, 15) is 18.7 Å². The molecular formula is C10H10F2O3. The van der Waals surface area contributed by atoms with E-state index in [-0.39, 0.29) is 12.0 Å². The number of hydrogen-bond acceptors (Lipinski definition) is 2. The highest BCUT2D eigenvalue weighted by Gasteiger charge is 2.19. The number of halogens is 2. The summed E-state index contributed by atoms with van der Waals surface area (Å²) in [6, 6.07) is 1.38. The summed E-state index contributed by atoms with van der Waals surface area (Å²) in [6.07, 6.45) is -0.323. The number of phenolic OH excluding ortho intramolecular Hbond substituents is 1. The van der Waals surface area contributed by atoms with Crippen molar-refractivity contribution in [2.45, 2.75) is 19.3 Å². The van der Waals surface area contributed by atoms with Crippen molar-refractivity contribution in [1.82, 2.24) is 0 Å². The maximum absolute atomic E-state index is 13.2. The molecule has 5 heteroatoms. The molecule has 1 unspecified atom stereocenters. The molecule has 0 spiro atoms. The summed E-state index contributed by atoms with van der Waals surface area (Å²) in [6.45, 7) is 1.45. The predicted molar refractivity (Wildman–Crippen MR) is 48.7 cm³/mol. The van der Waals surface area contributed by atoms with E-state index in [0.717, 1.165) is 6.07 Å². The van der Waals surface area contributed by atoms with E-state index >= 15 is 0 Å². The number of carboxylic acids is 1. The molecule has 0 fully saturated rings. The molecule has 1 aromatic rings. The molecule has 0 aromatic heterocycles. The van der Waals surface area contributed by atoms with Crippen molar-refractivity contribution in [2.75, 3.05) is 0 Å². The van der Waals surface area contributed by atoms with Crippen molar-refractivity contribution in [1.29, 1.82) is 0 Å². The van der Waals surface area contributed by atoms with Crippen LogP contribution in [-0.4, -0.2) is 16.2 Å². The smallest absolute Gasteiger partial charge is 0.303 e. The predicted octanol–water partition coefficient (Wildman–Crippen LogP) is 2.25. The van der Waals surface area contributed by atoms with Crippen LogP contribution in [0.15, 0.2) is 12.1 Å². The zero-order valence-corrected chi connectivity index (χ0v) is 8.00. The zero-order chi connectivity index (χ0) is 11.6. The first-order chi connectivity index (χ1) is 6.91. The maximum atomic E-state index is 13.2. The normalized spacial score (nSPS) is 12.5. The molecule has 0 radical (unpaired) electrons. The van der Waals surface area contributed by atoms with Crippen LogP contribution in [0.2, 0.25) is 0 Å². The van der Waals surface area contributed by atoms with Gasteiger partial charge in [-0.1, -0.05) is 6.92 Å². The third-order valence-electron chi connectivity index (χ3n) is 2.05. The van der Waals surface area contributed by atoms with E-state index < -0.39 is 29.3 Å². The highest BCUT2D eigenvalue weighted by atomic mass is 19.1. The van der Waals surface area contributed by atoms with Gasteiger partial charge in [-0.05, 0) is 5.92 Å². The largest absolute Gasteiger partial charge is 0.507 e. The van der Waals surface area contributed by atoms with Crippen LogP contribution >= 0.6 is 0 Å². The highest BCUT2D eigenvalue weighted by molar-refractivity contribution is 5.68. The van der Waals surface area contributed by atoms with Crippen molar-refractivity contribution in [3.05, 3.63) is 29.3 Å². The summed E-state index contributed by atoms with van der Waals surface area (Å²) in [7, 11) is 0. The summed E-state index contributed by atoms with van der Waals surface area (Å²) in [4.78, 5) is 10.4. The second-order valence-corrected chi connectivity index (χ2v) is 3.32. The number of phenols is 1. The van der Waals surface area contributed by atoms with Crippen LogP contribution in [0.25, 0.3) is 0 Å². The third kappa shape index (κ3) is 2.65. The van der Waals surface area contributed by atoms with Crippen LogP contribution in [0.3, 0.4) is 0 Å². The van der Waals surface area contributed by atoms with Gasteiger partial charge < -0.3 is 10.2 Å². The molecule has 0 amide bonds. The van der Waals surface area contributed by atoms with Gasteiger partial charge >= 0.3 is 5.97 Å². The number of aromatic hydroxyl groups is 1. The van der Waals surface area contributed by atoms with Gasteiger partial charge in [0.2, 0.25) is 0 Å². The second-order valence-electron chi connectivity index (χ2n) is 3.32. The van der Waals surface area contributed by atoms with Crippen LogP contribution in [0, 0.1) is 11.6 Å². The fourth-order valence-corrected chi connectivity index (χ4v) is 1.42. The molecule has 1 atom stereocenters. The van der Waals surface area contributed by atoms with Gasteiger partial charge in [-0.15, -0.1) is 0 Å². The lowest BCUT2D eigenvalue weighted by atomic mass is 9.96. The highest BCUT2D eigenvalue weighted by Crippen LogP contribution is 2.31. The Morgan fingerprint density at radius 3 is 2.53 bits per heavy atom. The van der Waals surface area contributed by atoms with Crippen molar-refractivity contribution in [3.8, 4) is 5.75 Å². The average molecular weight is 216 g/mol. The van der Waals surface area contributed by atoms with Crippen molar-refractivity contribution in [3.63, 3.8) is 0 Å². The number of carboxylic acid groups (broad SMARTS) is 1. The molecule has 0 aliphatic heterocycles. The summed E-state index contributed by atoms with van der Waals surface area (Å²) in [5, 5.41) is 17.8. The van der Waals surface area contributed by atoms with Crippen LogP contribution in [0.1, 0.15) is 24.8 Å². The number of aliphatic carboxylic acids is 1. The number of hydrogen-bond donors (Lipinski definition) is 2. The number of carbonyl (C=O) groups is 1. The maximum Gasteiger partial charge on any atom is 0.303 e. The first kappa shape index (κ1) is 11.4. The lowest BCUT2D eigenvalue weighted by molar-refractivity contribution is -0.137. The fourth-order valence-electron chi connectivity index (χ4n) is 1.42. The van der Waals surface area contributed by atoms with Gasteiger partial charge in [-0.25, -0.2) is 8.78 Å². The molecule has 82 valence electrons. The molecule has 1 aromatic carbocycles.